The van der Waals surface area contributed by atoms with Gasteiger partial charge in [-0.1, -0.05) is 41.2 Å². The van der Waals surface area contributed by atoms with E-state index in [1.165, 1.54) is 32.4 Å². The molecule has 13 heavy (non-hydrogen) atoms. The highest BCUT2D eigenvalue weighted by Gasteiger charge is 2.29. The number of nitrogens with one attached hydrogen (secondary N) is 1. The predicted octanol–water partition coefficient (Wildman–Crippen LogP) is 2.20. The number of hydrogen-bond acceptors (Lipinski definition) is 2. The van der Waals surface area contributed by atoms with Gasteiger partial charge in [0.2, 0.25) is 0 Å². The molecule has 6 heteroatoms. The maximum atomic E-state index is 9.62. The fraction of sp³-hybridized carbons (Fsp3) is 0.857. The van der Waals surface area contributed by atoms with Crippen LogP contribution in [0, 0.1) is 0 Å². The molecule has 0 aromatic heterocycles. The lowest BCUT2D eigenvalue weighted by Gasteiger charge is -2.08. The van der Waals surface area contributed by atoms with Crippen LogP contribution in [0.1, 0.15) is 19.3 Å². The van der Waals surface area contributed by atoms with E-state index in [-0.39, 0.29) is 0 Å². The van der Waals surface area contributed by atoms with Crippen molar-refractivity contribution in [1.29, 1.82) is 0 Å². The first-order valence-electron chi connectivity index (χ1n) is 3.95. The van der Waals surface area contributed by atoms with Crippen LogP contribution < -0.4 is 5.32 Å². The Hall–Kier alpha value is 0.300. The van der Waals surface area contributed by atoms with Crippen molar-refractivity contribution >= 4 is 40.8 Å². The first-order chi connectivity index (χ1) is 5.94. The topological polar surface area (TPSA) is 49.3 Å². The van der Waals surface area contributed by atoms with Crippen molar-refractivity contribution in [3.05, 3.63) is 0 Å². The molecule has 0 aromatic carbocycles. The normalized spacial score (nSPS) is 17.2. The molecule has 0 bridgehead atoms. The van der Waals surface area contributed by atoms with Gasteiger partial charge in [0.05, 0.1) is 0 Å². The monoisotopic (exact) mass is 247 g/mol. The van der Waals surface area contributed by atoms with Crippen molar-refractivity contribution in [1.82, 2.24) is 5.32 Å². The average molecular weight is 249 g/mol. The zero-order valence-electron chi connectivity index (χ0n) is 7.02. The molecule has 0 aliphatic carbocycles. The molecule has 78 valence electrons. The zero-order chi connectivity index (χ0) is 10.3. The van der Waals surface area contributed by atoms with E-state index in [9.17, 15) is 4.79 Å². The van der Waals surface area contributed by atoms with Crippen LogP contribution in [-0.4, -0.2) is 28.0 Å². The van der Waals surface area contributed by atoms with Gasteiger partial charge in [0.25, 0.3) is 3.79 Å². The van der Waals surface area contributed by atoms with E-state index in [4.69, 9.17) is 39.9 Å². The summed E-state index contributed by atoms with van der Waals surface area (Å²) in [6.45, 7) is 2.50. The van der Waals surface area contributed by atoms with Gasteiger partial charge in [0.15, 0.2) is 0 Å². The van der Waals surface area contributed by atoms with Crippen LogP contribution in [0.3, 0.4) is 0 Å². The largest absolute Gasteiger partial charge is 0.478 e. The van der Waals surface area contributed by atoms with Crippen molar-refractivity contribution in [2.45, 2.75) is 23.1 Å². The highest BCUT2D eigenvalue weighted by molar-refractivity contribution is 6.75. The highest BCUT2D eigenvalue weighted by Crippen LogP contribution is 2.25. The molecule has 0 saturated carbocycles. The van der Waals surface area contributed by atoms with Gasteiger partial charge in [-0.15, -0.1) is 0 Å². The summed E-state index contributed by atoms with van der Waals surface area (Å²) in [7, 11) is 0. The maximum absolute atomic E-state index is 9.62. The molecule has 1 heterocycles. The standard InChI is InChI=1S/C5H11N.C2HCl3O2/c1-2-4-6-5-3-1;3-2(4,5)1(6)7/h6H,1-5H2;(H,6,7). The van der Waals surface area contributed by atoms with Gasteiger partial charge in [0.1, 0.15) is 0 Å². The second-order valence-electron chi connectivity index (χ2n) is 2.61. The van der Waals surface area contributed by atoms with Crippen LogP contribution in [0.5, 0.6) is 0 Å². The average Bonchev–Trinajstić information content (AvgIpc) is 2.07. The van der Waals surface area contributed by atoms with E-state index in [0.717, 1.165) is 0 Å². The Kier molecular flexibility index (Phi) is 6.86. The number of aliphatic carboxylic acids is 1. The van der Waals surface area contributed by atoms with Gasteiger partial charge in [0, 0.05) is 0 Å². The molecule has 1 saturated heterocycles. The van der Waals surface area contributed by atoms with Crippen molar-refractivity contribution in [2.24, 2.45) is 0 Å². The molecule has 0 aromatic rings. The molecule has 0 amide bonds. The summed E-state index contributed by atoms with van der Waals surface area (Å²) in [5.74, 6) is -1.46. The molecular weight excluding hydrogens is 236 g/mol. The Balaban J connectivity index is 0.000000223. The Morgan fingerprint density at radius 3 is 1.62 bits per heavy atom. The third-order valence-electron chi connectivity index (χ3n) is 1.45. The summed E-state index contributed by atoms with van der Waals surface area (Å²) in [5.41, 5.74) is 0. The Bertz CT molecular complexity index is 143. The molecule has 0 unspecified atom stereocenters. The number of carbonyl (C=O) groups is 1. The van der Waals surface area contributed by atoms with E-state index in [2.05, 4.69) is 5.32 Å². The van der Waals surface area contributed by atoms with E-state index in [1.807, 2.05) is 0 Å². The Morgan fingerprint density at radius 1 is 1.15 bits per heavy atom. The number of piperidine rings is 1. The van der Waals surface area contributed by atoms with Crippen molar-refractivity contribution in [2.75, 3.05) is 13.1 Å². The van der Waals surface area contributed by atoms with E-state index >= 15 is 0 Å². The van der Waals surface area contributed by atoms with Crippen LogP contribution in [0.15, 0.2) is 0 Å². The van der Waals surface area contributed by atoms with Crippen molar-refractivity contribution in [3.63, 3.8) is 0 Å². The van der Waals surface area contributed by atoms with Crippen LogP contribution in [0.2, 0.25) is 0 Å². The van der Waals surface area contributed by atoms with E-state index in [0.29, 0.717) is 0 Å². The summed E-state index contributed by atoms with van der Waals surface area (Å²) >= 11 is 14.4. The lowest BCUT2D eigenvalue weighted by Crippen LogP contribution is -2.21. The van der Waals surface area contributed by atoms with Crippen molar-refractivity contribution < 1.29 is 9.90 Å². The van der Waals surface area contributed by atoms with Gasteiger partial charge < -0.3 is 10.4 Å². The van der Waals surface area contributed by atoms with Crippen LogP contribution in [-0.2, 0) is 4.79 Å². The number of hydrogen-bond donors (Lipinski definition) is 2. The van der Waals surface area contributed by atoms with E-state index in [1.54, 1.807) is 0 Å². The van der Waals surface area contributed by atoms with Gasteiger partial charge in [-0.3, -0.25) is 0 Å². The lowest BCUT2D eigenvalue weighted by atomic mass is 10.2. The maximum Gasteiger partial charge on any atom is 0.356 e. The smallest absolute Gasteiger partial charge is 0.356 e. The third-order valence-corrected chi connectivity index (χ3v) is 1.93. The summed E-state index contributed by atoms with van der Waals surface area (Å²) in [5, 5.41) is 11.1. The second-order valence-corrected chi connectivity index (χ2v) is 4.89. The fourth-order valence-electron chi connectivity index (χ4n) is 0.802. The van der Waals surface area contributed by atoms with Gasteiger partial charge in [-0.05, 0) is 25.9 Å². The minimum absolute atomic E-state index is 1.25. The second kappa shape index (κ2) is 6.71. The first-order valence-corrected chi connectivity index (χ1v) is 5.09. The molecule has 1 aliphatic rings. The minimum atomic E-state index is -2.17. The van der Waals surface area contributed by atoms with Crippen LogP contribution in [0.25, 0.3) is 0 Å². The minimum Gasteiger partial charge on any atom is -0.478 e. The molecular formula is C7H12Cl3NO2. The molecule has 0 atom stereocenters. The third kappa shape index (κ3) is 8.63. The van der Waals surface area contributed by atoms with E-state index < -0.39 is 9.76 Å². The van der Waals surface area contributed by atoms with Crippen LogP contribution >= 0.6 is 34.8 Å². The quantitative estimate of drug-likeness (QED) is 0.646. The van der Waals surface area contributed by atoms with Crippen LogP contribution in [0.4, 0.5) is 0 Å². The number of carboxylic acids is 1. The number of alkyl halides is 3. The van der Waals surface area contributed by atoms with Gasteiger partial charge >= 0.3 is 5.97 Å². The number of carboxylic acid groups (broad SMARTS) is 1. The summed E-state index contributed by atoms with van der Waals surface area (Å²) in [4.78, 5) is 9.62. The molecule has 1 aliphatic heterocycles. The molecule has 1 rings (SSSR count). The first kappa shape index (κ1) is 13.3. The molecule has 0 radical (unpaired) electrons. The van der Waals surface area contributed by atoms with Gasteiger partial charge in [-0.25, -0.2) is 4.79 Å². The molecule has 1 fully saturated rings. The Labute approximate surface area is 92.3 Å². The molecule has 2 N–H and O–H groups in total. The number of halogens is 3. The fourth-order valence-corrected chi connectivity index (χ4v) is 0.802. The highest BCUT2D eigenvalue weighted by atomic mass is 35.6. The SMILES string of the molecule is C1CCNCC1.O=C(O)C(Cl)(Cl)Cl. The number of rotatable bonds is 0. The molecule has 0 spiro atoms. The summed E-state index contributed by atoms with van der Waals surface area (Å²) in [6, 6.07) is 0. The summed E-state index contributed by atoms with van der Waals surface area (Å²) in [6.07, 6.45) is 4.22. The van der Waals surface area contributed by atoms with Gasteiger partial charge in [-0.2, -0.15) is 0 Å². The molecule has 3 nitrogen and oxygen atoms in total. The van der Waals surface area contributed by atoms with Crippen molar-refractivity contribution in [3.8, 4) is 0 Å². The predicted molar refractivity (Wildman–Crippen MR) is 54.6 cm³/mol. The zero-order valence-corrected chi connectivity index (χ0v) is 9.29. The summed E-state index contributed by atoms with van der Waals surface area (Å²) < 4.78 is -2.17. The lowest BCUT2D eigenvalue weighted by molar-refractivity contribution is -0.135. The Morgan fingerprint density at radius 2 is 1.54 bits per heavy atom.